The molecule has 0 bridgehead atoms. The number of carbonyl (C=O) groups is 1. The minimum atomic E-state index is -0.346. The van der Waals surface area contributed by atoms with Gasteiger partial charge in [-0.15, -0.1) is 0 Å². The van der Waals surface area contributed by atoms with Crippen LogP contribution in [0.3, 0.4) is 0 Å². The molecule has 0 radical (unpaired) electrons. The summed E-state index contributed by atoms with van der Waals surface area (Å²) < 4.78 is 0. The van der Waals surface area contributed by atoms with Crippen molar-refractivity contribution >= 4 is 11.6 Å². The number of anilines is 1. The molecule has 1 aromatic carbocycles. The molecule has 1 aromatic rings. The maximum atomic E-state index is 12.2. The standard InChI is InChI=1S/C17H21N3O/c1-13-6-8-20(9-7-13)12-15(11-18)17(21)19-16-5-3-4-14(2)10-16/h3-5,10,12-13H,6-9H2,1-2H3,(H,19,21)/b15-12-. The first-order valence-corrected chi connectivity index (χ1v) is 7.32. The van der Waals surface area contributed by atoms with E-state index in [1.165, 1.54) is 0 Å². The fourth-order valence-electron chi connectivity index (χ4n) is 2.40. The zero-order chi connectivity index (χ0) is 15.2. The Hall–Kier alpha value is -2.28. The van der Waals surface area contributed by atoms with E-state index in [2.05, 4.69) is 17.1 Å². The van der Waals surface area contributed by atoms with Gasteiger partial charge in [-0.25, -0.2) is 0 Å². The average molecular weight is 283 g/mol. The number of piperidine rings is 1. The molecule has 0 unspecified atom stereocenters. The van der Waals surface area contributed by atoms with Gasteiger partial charge in [-0.05, 0) is 43.4 Å². The molecular weight excluding hydrogens is 262 g/mol. The van der Waals surface area contributed by atoms with Gasteiger partial charge in [-0.3, -0.25) is 4.79 Å². The molecule has 0 aromatic heterocycles. The molecule has 21 heavy (non-hydrogen) atoms. The van der Waals surface area contributed by atoms with Gasteiger partial charge in [-0.2, -0.15) is 5.26 Å². The minimum absolute atomic E-state index is 0.158. The van der Waals surface area contributed by atoms with Crippen LogP contribution in [0.5, 0.6) is 0 Å². The van der Waals surface area contributed by atoms with Gasteiger partial charge in [0.2, 0.25) is 0 Å². The van der Waals surface area contributed by atoms with E-state index in [0.29, 0.717) is 5.69 Å². The van der Waals surface area contributed by atoms with E-state index < -0.39 is 0 Å². The van der Waals surface area contributed by atoms with Gasteiger partial charge >= 0.3 is 0 Å². The van der Waals surface area contributed by atoms with E-state index in [1.54, 1.807) is 6.20 Å². The highest BCUT2D eigenvalue weighted by Crippen LogP contribution is 2.17. The average Bonchev–Trinajstić information content (AvgIpc) is 2.46. The van der Waals surface area contributed by atoms with E-state index in [9.17, 15) is 10.1 Å². The van der Waals surface area contributed by atoms with Crippen LogP contribution in [0, 0.1) is 24.2 Å². The number of hydrogen-bond acceptors (Lipinski definition) is 3. The second kappa shape index (κ2) is 6.94. The molecule has 1 saturated heterocycles. The predicted molar refractivity (Wildman–Crippen MR) is 83.5 cm³/mol. The van der Waals surface area contributed by atoms with Gasteiger partial charge in [0, 0.05) is 25.0 Å². The number of nitrogens with zero attached hydrogens (tertiary/aromatic N) is 2. The molecule has 1 aliphatic heterocycles. The molecule has 4 heteroatoms. The molecule has 2 rings (SSSR count). The summed E-state index contributed by atoms with van der Waals surface area (Å²) in [6, 6.07) is 9.55. The quantitative estimate of drug-likeness (QED) is 0.685. The Morgan fingerprint density at radius 1 is 1.43 bits per heavy atom. The zero-order valence-electron chi connectivity index (χ0n) is 12.6. The number of benzene rings is 1. The zero-order valence-corrected chi connectivity index (χ0v) is 12.6. The lowest BCUT2D eigenvalue weighted by atomic mass is 9.99. The molecule has 0 spiro atoms. The Kier molecular flexibility index (Phi) is 4.99. The Bertz CT molecular complexity index is 578. The molecule has 0 aliphatic carbocycles. The van der Waals surface area contributed by atoms with Crippen molar-refractivity contribution < 1.29 is 4.79 Å². The highest BCUT2D eigenvalue weighted by Gasteiger charge is 2.16. The molecule has 0 saturated carbocycles. The van der Waals surface area contributed by atoms with Crippen LogP contribution in [0.4, 0.5) is 5.69 Å². The second-order valence-corrected chi connectivity index (χ2v) is 5.70. The van der Waals surface area contributed by atoms with Gasteiger partial charge in [-0.1, -0.05) is 19.1 Å². The maximum absolute atomic E-state index is 12.2. The summed E-state index contributed by atoms with van der Waals surface area (Å²) >= 11 is 0. The third-order valence-electron chi connectivity index (χ3n) is 3.77. The smallest absolute Gasteiger partial charge is 0.267 e. The van der Waals surface area contributed by atoms with Crippen LogP contribution >= 0.6 is 0 Å². The number of amides is 1. The van der Waals surface area contributed by atoms with Gasteiger partial charge < -0.3 is 10.2 Å². The van der Waals surface area contributed by atoms with Gasteiger partial charge in [0.05, 0.1) is 0 Å². The highest BCUT2D eigenvalue weighted by atomic mass is 16.1. The summed E-state index contributed by atoms with van der Waals surface area (Å²) in [7, 11) is 0. The topological polar surface area (TPSA) is 56.1 Å². The van der Waals surface area contributed by atoms with Crippen molar-refractivity contribution in [2.24, 2.45) is 5.92 Å². The molecule has 1 amide bonds. The number of nitrogens with one attached hydrogen (secondary N) is 1. The van der Waals surface area contributed by atoms with Crippen LogP contribution in [0.25, 0.3) is 0 Å². The molecule has 0 atom stereocenters. The Morgan fingerprint density at radius 2 is 2.14 bits per heavy atom. The molecule has 1 N–H and O–H groups in total. The van der Waals surface area contributed by atoms with Crippen molar-refractivity contribution in [3.63, 3.8) is 0 Å². The van der Waals surface area contributed by atoms with Gasteiger partial charge in [0.1, 0.15) is 11.6 Å². The Morgan fingerprint density at radius 3 is 2.76 bits per heavy atom. The van der Waals surface area contributed by atoms with Gasteiger partial charge in [0.15, 0.2) is 0 Å². The summed E-state index contributed by atoms with van der Waals surface area (Å²) in [5, 5.41) is 12.0. The molecular formula is C17H21N3O. The summed E-state index contributed by atoms with van der Waals surface area (Å²) in [4.78, 5) is 14.2. The largest absolute Gasteiger partial charge is 0.376 e. The van der Waals surface area contributed by atoms with Crippen LogP contribution in [0.15, 0.2) is 36.0 Å². The van der Waals surface area contributed by atoms with Crippen molar-refractivity contribution in [1.29, 1.82) is 5.26 Å². The number of aryl methyl sites for hydroxylation is 1. The van der Waals surface area contributed by atoms with E-state index in [0.717, 1.165) is 37.4 Å². The molecule has 1 fully saturated rings. The first-order chi connectivity index (χ1) is 10.1. The number of carbonyl (C=O) groups excluding carboxylic acids is 1. The second-order valence-electron chi connectivity index (χ2n) is 5.70. The lowest BCUT2D eigenvalue weighted by Gasteiger charge is -2.29. The van der Waals surface area contributed by atoms with Crippen LogP contribution in [-0.4, -0.2) is 23.9 Å². The molecule has 1 aliphatic rings. The summed E-state index contributed by atoms with van der Waals surface area (Å²) in [6.07, 6.45) is 3.90. The molecule has 110 valence electrons. The number of rotatable bonds is 3. The van der Waals surface area contributed by atoms with Crippen molar-refractivity contribution in [3.8, 4) is 6.07 Å². The predicted octanol–water partition coefficient (Wildman–Crippen LogP) is 3.07. The Balaban J connectivity index is 2.03. The first kappa shape index (κ1) is 15.1. The summed E-state index contributed by atoms with van der Waals surface area (Å²) in [6.45, 7) is 6.01. The summed E-state index contributed by atoms with van der Waals surface area (Å²) in [5.41, 5.74) is 1.94. The number of nitriles is 1. The SMILES string of the molecule is Cc1cccc(NC(=O)/C(C#N)=C\N2CCC(C)CC2)c1. The lowest BCUT2D eigenvalue weighted by molar-refractivity contribution is -0.112. The molecule has 1 heterocycles. The van der Waals surface area contributed by atoms with E-state index in [1.807, 2.05) is 37.3 Å². The van der Waals surface area contributed by atoms with Crippen LogP contribution < -0.4 is 5.32 Å². The van der Waals surface area contributed by atoms with Crippen molar-refractivity contribution in [3.05, 3.63) is 41.6 Å². The third kappa shape index (κ3) is 4.35. The fourth-order valence-corrected chi connectivity index (χ4v) is 2.40. The lowest BCUT2D eigenvalue weighted by Crippen LogP contribution is -2.29. The number of hydrogen-bond donors (Lipinski definition) is 1. The number of likely N-dealkylation sites (tertiary alicyclic amines) is 1. The molecule has 4 nitrogen and oxygen atoms in total. The normalized spacial score (nSPS) is 16.4. The highest BCUT2D eigenvalue weighted by molar-refractivity contribution is 6.06. The third-order valence-corrected chi connectivity index (χ3v) is 3.77. The van der Waals surface area contributed by atoms with Crippen LogP contribution in [0.2, 0.25) is 0 Å². The van der Waals surface area contributed by atoms with E-state index in [-0.39, 0.29) is 11.5 Å². The maximum Gasteiger partial charge on any atom is 0.267 e. The fraction of sp³-hybridized carbons (Fsp3) is 0.412. The summed E-state index contributed by atoms with van der Waals surface area (Å²) in [5.74, 6) is 0.378. The van der Waals surface area contributed by atoms with Crippen molar-refractivity contribution in [2.75, 3.05) is 18.4 Å². The monoisotopic (exact) mass is 283 g/mol. The van der Waals surface area contributed by atoms with Gasteiger partial charge in [0.25, 0.3) is 5.91 Å². The van der Waals surface area contributed by atoms with Crippen molar-refractivity contribution in [1.82, 2.24) is 4.90 Å². The van der Waals surface area contributed by atoms with E-state index in [4.69, 9.17) is 0 Å². The minimum Gasteiger partial charge on any atom is -0.376 e. The van der Waals surface area contributed by atoms with E-state index >= 15 is 0 Å². The van der Waals surface area contributed by atoms with Crippen LogP contribution in [-0.2, 0) is 4.79 Å². The van der Waals surface area contributed by atoms with Crippen LogP contribution in [0.1, 0.15) is 25.3 Å². The Labute approximate surface area is 126 Å². The first-order valence-electron chi connectivity index (χ1n) is 7.32. The van der Waals surface area contributed by atoms with Crippen molar-refractivity contribution in [2.45, 2.75) is 26.7 Å².